The fraction of sp³-hybridized carbons (Fsp3) is 1.00. The maximum absolute atomic E-state index is 2.55. The lowest BCUT2D eigenvalue weighted by Crippen LogP contribution is -2.44. The van der Waals surface area contributed by atoms with Crippen molar-refractivity contribution < 1.29 is 0 Å². The highest BCUT2D eigenvalue weighted by atomic mass is 14.5. The van der Waals surface area contributed by atoms with Crippen LogP contribution in [0.3, 0.4) is 0 Å². The third-order valence-corrected chi connectivity index (χ3v) is 6.81. The van der Waals surface area contributed by atoms with Gasteiger partial charge < -0.3 is 0 Å². The Balaban J connectivity index is 1.77. The van der Waals surface area contributed by atoms with Crippen LogP contribution >= 0.6 is 0 Å². The van der Waals surface area contributed by atoms with Gasteiger partial charge in [0, 0.05) is 0 Å². The Kier molecular flexibility index (Phi) is 3.26. The normalized spacial score (nSPS) is 54.9. The summed E-state index contributed by atoms with van der Waals surface area (Å²) < 4.78 is 0. The van der Waals surface area contributed by atoms with Gasteiger partial charge in [-0.3, -0.25) is 0 Å². The van der Waals surface area contributed by atoms with Crippen molar-refractivity contribution in [2.75, 3.05) is 0 Å². The van der Waals surface area contributed by atoms with Crippen molar-refractivity contribution in [3.8, 4) is 0 Å². The number of hydrogen-bond donors (Lipinski definition) is 0. The molecule has 3 fully saturated rings. The van der Waals surface area contributed by atoms with Crippen LogP contribution in [0.1, 0.15) is 65.7 Å². The highest BCUT2D eigenvalue weighted by molar-refractivity contribution is 4.95. The largest absolute Gasteiger partial charge is 0.0622 e. The van der Waals surface area contributed by atoms with Gasteiger partial charge in [-0.05, 0) is 60.7 Å². The van der Waals surface area contributed by atoms with Crippen LogP contribution in [0.25, 0.3) is 0 Å². The Labute approximate surface area is 108 Å². The van der Waals surface area contributed by atoms with E-state index in [0.29, 0.717) is 0 Å². The van der Waals surface area contributed by atoms with Crippen molar-refractivity contribution in [3.05, 3.63) is 0 Å². The van der Waals surface area contributed by atoms with Gasteiger partial charge in [0.2, 0.25) is 0 Å². The van der Waals surface area contributed by atoms with E-state index in [2.05, 4.69) is 20.8 Å². The van der Waals surface area contributed by atoms with Crippen molar-refractivity contribution >= 4 is 0 Å². The van der Waals surface area contributed by atoms with Crippen molar-refractivity contribution in [1.29, 1.82) is 0 Å². The van der Waals surface area contributed by atoms with Crippen LogP contribution in [0.4, 0.5) is 0 Å². The molecule has 3 aliphatic rings. The molecular weight excluding hydrogens is 204 g/mol. The van der Waals surface area contributed by atoms with Gasteiger partial charge in [-0.2, -0.15) is 0 Å². The van der Waals surface area contributed by atoms with Crippen molar-refractivity contribution in [2.24, 2.45) is 41.4 Å². The third kappa shape index (κ3) is 2.06. The van der Waals surface area contributed by atoms with Gasteiger partial charge >= 0.3 is 0 Å². The molecular formula is C17H30. The quantitative estimate of drug-likeness (QED) is 0.545. The van der Waals surface area contributed by atoms with Gasteiger partial charge in [0.15, 0.2) is 0 Å². The molecule has 0 amide bonds. The minimum Gasteiger partial charge on any atom is -0.0622 e. The van der Waals surface area contributed by atoms with Crippen LogP contribution in [0.2, 0.25) is 0 Å². The number of rotatable bonds is 0. The van der Waals surface area contributed by atoms with Crippen LogP contribution in [-0.2, 0) is 0 Å². The standard InChI is InChI=1S/C17H30/c1-11-8-12(2)16-9-14-6-4-5-7-15(14)10-17(16)13(11)3/h11-17H,4-10H2,1-3H3. The van der Waals surface area contributed by atoms with E-state index in [4.69, 9.17) is 0 Å². The van der Waals surface area contributed by atoms with Gasteiger partial charge in [0.25, 0.3) is 0 Å². The molecule has 7 atom stereocenters. The van der Waals surface area contributed by atoms with Gasteiger partial charge in [0.1, 0.15) is 0 Å². The molecule has 0 aromatic rings. The van der Waals surface area contributed by atoms with Crippen molar-refractivity contribution in [1.82, 2.24) is 0 Å². The second-order valence-electron chi connectivity index (χ2n) is 7.65. The van der Waals surface area contributed by atoms with Crippen LogP contribution < -0.4 is 0 Å². The molecule has 0 aliphatic heterocycles. The van der Waals surface area contributed by atoms with Crippen LogP contribution in [0.15, 0.2) is 0 Å². The van der Waals surface area contributed by atoms with E-state index in [1.165, 1.54) is 19.3 Å². The SMILES string of the molecule is CC1CC(C)C2CC3CCCCC3CC2C1C. The molecule has 0 nitrogen and oxygen atoms in total. The van der Waals surface area contributed by atoms with E-state index in [1.54, 1.807) is 25.7 Å². The first kappa shape index (κ1) is 12.1. The second kappa shape index (κ2) is 4.59. The predicted molar refractivity (Wildman–Crippen MR) is 73.8 cm³/mol. The molecule has 0 aromatic carbocycles. The first-order chi connectivity index (χ1) is 8.16. The van der Waals surface area contributed by atoms with Gasteiger partial charge in [-0.1, -0.05) is 46.5 Å². The zero-order valence-corrected chi connectivity index (χ0v) is 12.0. The summed E-state index contributed by atoms with van der Waals surface area (Å²) in [5, 5.41) is 0. The smallest absolute Gasteiger partial charge is 0.0352 e. The van der Waals surface area contributed by atoms with Gasteiger partial charge in [0.05, 0.1) is 0 Å². The second-order valence-corrected chi connectivity index (χ2v) is 7.65. The van der Waals surface area contributed by atoms with Crippen molar-refractivity contribution in [2.45, 2.75) is 65.7 Å². The summed E-state index contributed by atoms with van der Waals surface area (Å²) in [6.07, 6.45) is 10.9. The molecule has 0 heterocycles. The Morgan fingerprint density at radius 3 is 1.88 bits per heavy atom. The summed E-state index contributed by atoms with van der Waals surface area (Å²) >= 11 is 0. The average Bonchev–Trinajstić information content (AvgIpc) is 2.34. The molecule has 98 valence electrons. The lowest BCUT2D eigenvalue weighted by Gasteiger charge is -2.52. The molecule has 0 N–H and O–H groups in total. The molecule has 3 aliphatic carbocycles. The number of hydrogen-bond acceptors (Lipinski definition) is 0. The Bertz CT molecular complexity index is 269. The van der Waals surface area contributed by atoms with E-state index < -0.39 is 0 Å². The van der Waals surface area contributed by atoms with E-state index in [0.717, 1.165) is 41.4 Å². The first-order valence-electron chi connectivity index (χ1n) is 8.16. The molecule has 0 saturated heterocycles. The molecule has 7 unspecified atom stereocenters. The predicted octanol–water partition coefficient (Wildman–Crippen LogP) is 5.13. The van der Waals surface area contributed by atoms with Crippen LogP contribution in [-0.4, -0.2) is 0 Å². The third-order valence-electron chi connectivity index (χ3n) is 6.81. The fourth-order valence-electron chi connectivity index (χ4n) is 5.61. The minimum atomic E-state index is 0.978. The highest BCUT2D eigenvalue weighted by Gasteiger charge is 2.45. The van der Waals surface area contributed by atoms with E-state index in [-0.39, 0.29) is 0 Å². The Morgan fingerprint density at radius 1 is 0.647 bits per heavy atom. The van der Waals surface area contributed by atoms with E-state index in [9.17, 15) is 0 Å². The summed E-state index contributed by atoms with van der Waals surface area (Å²) in [4.78, 5) is 0. The maximum atomic E-state index is 2.55. The van der Waals surface area contributed by atoms with Crippen molar-refractivity contribution in [3.63, 3.8) is 0 Å². The molecule has 17 heavy (non-hydrogen) atoms. The molecule has 0 heteroatoms. The maximum Gasteiger partial charge on any atom is -0.0352 e. The summed E-state index contributed by atoms with van der Waals surface area (Å²) in [6, 6.07) is 0. The lowest BCUT2D eigenvalue weighted by molar-refractivity contribution is -0.0282. The molecule has 3 rings (SSSR count). The summed E-state index contributed by atoms with van der Waals surface area (Å²) in [6.45, 7) is 7.60. The summed E-state index contributed by atoms with van der Waals surface area (Å²) in [5.41, 5.74) is 0. The van der Waals surface area contributed by atoms with Crippen LogP contribution in [0, 0.1) is 41.4 Å². The van der Waals surface area contributed by atoms with E-state index >= 15 is 0 Å². The average molecular weight is 234 g/mol. The molecule has 3 saturated carbocycles. The molecule has 0 spiro atoms. The topological polar surface area (TPSA) is 0 Å². The molecule has 0 bridgehead atoms. The summed E-state index contributed by atoms with van der Waals surface area (Å²) in [7, 11) is 0. The zero-order valence-electron chi connectivity index (χ0n) is 12.0. The van der Waals surface area contributed by atoms with E-state index in [1.807, 2.05) is 0 Å². The molecule has 0 aromatic heterocycles. The lowest BCUT2D eigenvalue weighted by atomic mass is 9.53. The van der Waals surface area contributed by atoms with Gasteiger partial charge in [-0.25, -0.2) is 0 Å². The Morgan fingerprint density at radius 2 is 1.24 bits per heavy atom. The minimum absolute atomic E-state index is 0.978. The monoisotopic (exact) mass is 234 g/mol. The first-order valence-corrected chi connectivity index (χ1v) is 8.16. The van der Waals surface area contributed by atoms with Crippen LogP contribution in [0.5, 0.6) is 0 Å². The summed E-state index contributed by atoms with van der Waals surface area (Å²) in [5.74, 6) is 7.38. The fourth-order valence-corrected chi connectivity index (χ4v) is 5.61. The molecule has 0 radical (unpaired) electrons. The highest BCUT2D eigenvalue weighted by Crippen LogP contribution is 2.54. The Hall–Kier alpha value is 0. The zero-order chi connectivity index (χ0) is 12.0. The number of fused-ring (bicyclic) bond motifs is 2. The van der Waals surface area contributed by atoms with Gasteiger partial charge in [-0.15, -0.1) is 0 Å².